The van der Waals surface area contributed by atoms with Crippen LogP contribution in [0.5, 0.6) is 0 Å². The molecule has 1 atom stereocenters. The Kier molecular flexibility index (Phi) is 5.17. The third kappa shape index (κ3) is 3.80. The predicted molar refractivity (Wildman–Crippen MR) is 114 cm³/mol. The molecule has 0 aliphatic carbocycles. The number of anilines is 1. The molecule has 1 unspecified atom stereocenters. The first kappa shape index (κ1) is 17.9. The summed E-state index contributed by atoms with van der Waals surface area (Å²) in [7, 11) is 0. The molecule has 0 spiro atoms. The number of hydrogen-bond acceptors (Lipinski definition) is 4. The molecule has 138 valence electrons. The summed E-state index contributed by atoms with van der Waals surface area (Å²) in [4.78, 5) is 26.3. The van der Waals surface area contributed by atoms with Crippen LogP contribution in [-0.4, -0.2) is 17.9 Å². The summed E-state index contributed by atoms with van der Waals surface area (Å²) in [6, 6.07) is 26.3. The largest absolute Gasteiger partial charge is 0.358 e. The van der Waals surface area contributed by atoms with Crippen molar-refractivity contribution >= 4 is 39.5 Å². The number of ketones is 1. The van der Waals surface area contributed by atoms with Gasteiger partial charge in [0.2, 0.25) is 5.78 Å². The molecule has 2 N–H and O–H groups in total. The number of carbonyl (C=O) groups excluding carboxylic acids is 2. The summed E-state index contributed by atoms with van der Waals surface area (Å²) in [5, 5.41) is 9.96. The minimum absolute atomic E-state index is 0.196. The molecule has 0 bridgehead atoms. The van der Waals surface area contributed by atoms with Crippen LogP contribution in [0.15, 0.2) is 90.3 Å². The number of hydrogen-bond donors (Lipinski definition) is 2. The van der Waals surface area contributed by atoms with Crippen molar-refractivity contribution in [2.45, 2.75) is 6.17 Å². The van der Waals surface area contributed by atoms with E-state index in [1.54, 1.807) is 18.2 Å². The number of thiophene rings is 1. The van der Waals surface area contributed by atoms with Crippen LogP contribution in [-0.2, 0) is 0 Å². The molecule has 0 aliphatic rings. The Morgan fingerprint density at radius 3 is 2.32 bits per heavy atom. The maximum atomic E-state index is 13.1. The maximum Gasteiger partial charge on any atom is 0.263 e. The van der Waals surface area contributed by atoms with E-state index < -0.39 is 6.17 Å². The maximum absolute atomic E-state index is 13.1. The van der Waals surface area contributed by atoms with E-state index in [9.17, 15) is 9.59 Å². The fraction of sp³-hybridized carbons (Fsp3) is 0.0435. The zero-order chi connectivity index (χ0) is 19.3. The lowest BCUT2D eigenvalue weighted by molar-refractivity contribution is 0.0872. The molecule has 0 fully saturated rings. The highest BCUT2D eigenvalue weighted by molar-refractivity contribution is 7.12. The fourth-order valence-electron chi connectivity index (χ4n) is 3.05. The lowest BCUT2D eigenvalue weighted by atomic mass is 10.1. The van der Waals surface area contributed by atoms with E-state index in [2.05, 4.69) is 10.6 Å². The van der Waals surface area contributed by atoms with Crippen LogP contribution < -0.4 is 10.6 Å². The van der Waals surface area contributed by atoms with Gasteiger partial charge in [0.15, 0.2) is 6.17 Å². The molecule has 3 aromatic carbocycles. The van der Waals surface area contributed by atoms with Gasteiger partial charge in [-0.3, -0.25) is 9.59 Å². The van der Waals surface area contributed by atoms with Gasteiger partial charge in [-0.2, -0.15) is 0 Å². The van der Waals surface area contributed by atoms with Crippen molar-refractivity contribution in [3.05, 3.63) is 101 Å². The second-order valence-corrected chi connectivity index (χ2v) is 7.23. The molecule has 1 amide bonds. The number of carbonyl (C=O) groups is 2. The zero-order valence-corrected chi connectivity index (χ0v) is 15.8. The summed E-state index contributed by atoms with van der Waals surface area (Å²) >= 11 is 1.34. The van der Waals surface area contributed by atoms with E-state index in [1.807, 2.05) is 72.1 Å². The zero-order valence-electron chi connectivity index (χ0n) is 15.0. The van der Waals surface area contributed by atoms with Gasteiger partial charge in [0, 0.05) is 16.6 Å². The van der Waals surface area contributed by atoms with E-state index in [-0.39, 0.29) is 11.7 Å². The molecule has 1 aromatic heterocycles. The minimum Gasteiger partial charge on any atom is -0.358 e. The normalized spacial score (nSPS) is 11.7. The molecular weight excluding hydrogens is 368 g/mol. The second-order valence-electron chi connectivity index (χ2n) is 6.29. The number of fused-ring (bicyclic) bond motifs is 1. The molecule has 0 radical (unpaired) electrons. The third-order valence-corrected chi connectivity index (χ3v) is 5.30. The first-order chi connectivity index (χ1) is 13.7. The van der Waals surface area contributed by atoms with Gasteiger partial charge in [-0.15, -0.1) is 11.3 Å². The Hall–Kier alpha value is -3.44. The predicted octanol–water partition coefficient (Wildman–Crippen LogP) is 4.95. The van der Waals surface area contributed by atoms with E-state index in [0.29, 0.717) is 10.4 Å². The van der Waals surface area contributed by atoms with Crippen LogP contribution in [0.1, 0.15) is 20.0 Å². The van der Waals surface area contributed by atoms with Gasteiger partial charge in [-0.1, -0.05) is 72.8 Å². The number of amides is 1. The van der Waals surface area contributed by atoms with Crippen molar-refractivity contribution in [1.29, 1.82) is 0 Å². The lowest BCUT2D eigenvalue weighted by Crippen LogP contribution is -2.46. The summed E-state index contributed by atoms with van der Waals surface area (Å²) in [5.74, 6) is -0.476. The number of Topliss-reactive ketones (excluding diaryl/α,β-unsaturated/α-hetero) is 1. The molecule has 4 nitrogen and oxygen atoms in total. The average Bonchev–Trinajstić information content (AvgIpc) is 3.29. The van der Waals surface area contributed by atoms with Crippen LogP contribution in [0, 0.1) is 0 Å². The SMILES string of the molecule is O=C(NC(Nc1cccc2ccccc12)C(=O)c1ccccc1)c1cccs1. The Morgan fingerprint density at radius 1 is 0.786 bits per heavy atom. The monoisotopic (exact) mass is 386 g/mol. The summed E-state index contributed by atoms with van der Waals surface area (Å²) in [6.07, 6.45) is -0.886. The van der Waals surface area contributed by atoms with Crippen molar-refractivity contribution in [3.8, 4) is 0 Å². The van der Waals surface area contributed by atoms with Gasteiger partial charge in [-0.05, 0) is 22.9 Å². The lowest BCUT2D eigenvalue weighted by Gasteiger charge is -2.21. The topological polar surface area (TPSA) is 58.2 Å². The number of benzene rings is 3. The van der Waals surface area contributed by atoms with Crippen LogP contribution in [0.2, 0.25) is 0 Å². The van der Waals surface area contributed by atoms with Crippen molar-refractivity contribution in [2.24, 2.45) is 0 Å². The highest BCUT2D eigenvalue weighted by Crippen LogP contribution is 2.24. The Bertz CT molecular complexity index is 1100. The Balaban J connectivity index is 1.68. The third-order valence-electron chi connectivity index (χ3n) is 4.43. The average molecular weight is 386 g/mol. The van der Waals surface area contributed by atoms with Gasteiger partial charge < -0.3 is 10.6 Å². The quantitative estimate of drug-likeness (QED) is 0.364. The first-order valence-corrected chi connectivity index (χ1v) is 9.78. The molecule has 5 heteroatoms. The van der Waals surface area contributed by atoms with Crippen LogP contribution in [0.3, 0.4) is 0 Å². The Labute approximate surface area is 166 Å². The van der Waals surface area contributed by atoms with Gasteiger partial charge in [0.25, 0.3) is 5.91 Å². The van der Waals surface area contributed by atoms with E-state index in [4.69, 9.17) is 0 Å². The highest BCUT2D eigenvalue weighted by atomic mass is 32.1. The second kappa shape index (κ2) is 8.06. The molecule has 0 saturated carbocycles. The smallest absolute Gasteiger partial charge is 0.263 e. The van der Waals surface area contributed by atoms with E-state index >= 15 is 0 Å². The fourth-order valence-corrected chi connectivity index (χ4v) is 3.68. The summed E-state index contributed by atoms with van der Waals surface area (Å²) < 4.78 is 0. The van der Waals surface area contributed by atoms with Crippen LogP contribution in [0.4, 0.5) is 5.69 Å². The summed E-state index contributed by atoms with van der Waals surface area (Å²) in [5.41, 5.74) is 1.32. The molecule has 4 aromatic rings. The van der Waals surface area contributed by atoms with Gasteiger partial charge in [0.05, 0.1) is 4.88 Å². The molecular formula is C23H18N2O2S. The standard InChI is InChI=1S/C23H18N2O2S/c26-21(17-9-2-1-3-10-17)22(25-23(27)20-14-7-15-28-20)24-19-13-6-11-16-8-4-5-12-18(16)19/h1-15,22,24H,(H,25,27). The number of rotatable bonds is 6. The van der Waals surface area contributed by atoms with E-state index in [0.717, 1.165) is 16.5 Å². The Morgan fingerprint density at radius 2 is 1.54 bits per heavy atom. The first-order valence-electron chi connectivity index (χ1n) is 8.90. The van der Waals surface area contributed by atoms with Crippen molar-refractivity contribution in [1.82, 2.24) is 5.32 Å². The highest BCUT2D eigenvalue weighted by Gasteiger charge is 2.23. The molecule has 4 rings (SSSR count). The van der Waals surface area contributed by atoms with Crippen molar-refractivity contribution < 1.29 is 9.59 Å². The summed E-state index contributed by atoms with van der Waals surface area (Å²) in [6.45, 7) is 0. The molecule has 1 heterocycles. The van der Waals surface area contributed by atoms with Crippen molar-refractivity contribution in [3.63, 3.8) is 0 Å². The van der Waals surface area contributed by atoms with Crippen LogP contribution >= 0.6 is 11.3 Å². The van der Waals surface area contributed by atoms with E-state index in [1.165, 1.54) is 11.3 Å². The minimum atomic E-state index is -0.886. The molecule has 28 heavy (non-hydrogen) atoms. The number of nitrogens with one attached hydrogen (secondary N) is 2. The van der Waals surface area contributed by atoms with Gasteiger partial charge >= 0.3 is 0 Å². The van der Waals surface area contributed by atoms with Crippen LogP contribution in [0.25, 0.3) is 10.8 Å². The van der Waals surface area contributed by atoms with Gasteiger partial charge in [-0.25, -0.2) is 0 Å². The van der Waals surface area contributed by atoms with Gasteiger partial charge in [0.1, 0.15) is 0 Å². The van der Waals surface area contributed by atoms with Crippen molar-refractivity contribution in [2.75, 3.05) is 5.32 Å². The molecule has 0 aliphatic heterocycles. The molecule has 0 saturated heterocycles.